The van der Waals surface area contributed by atoms with E-state index in [0.717, 1.165) is 45.2 Å². The fourth-order valence-corrected chi connectivity index (χ4v) is 6.87. The molecule has 4 aliphatic heterocycles. The molecule has 0 spiro atoms. The third-order valence-corrected chi connectivity index (χ3v) is 8.60. The highest BCUT2D eigenvalue weighted by molar-refractivity contribution is 6.01. The smallest absolute Gasteiger partial charge is 0.269 e. The fraction of sp³-hybridized carbons (Fsp3) is 0.481. The van der Waals surface area contributed by atoms with Gasteiger partial charge in [-0.1, -0.05) is 0 Å². The minimum Gasteiger partial charge on any atom is -0.295 e. The lowest BCUT2D eigenvalue weighted by Crippen LogP contribution is -2.42. The van der Waals surface area contributed by atoms with E-state index in [1.807, 2.05) is 0 Å². The quantitative estimate of drug-likeness (QED) is 0.370. The van der Waals surface area contributed by atoms with Gasteiger partial charge in [0.2, 0.25) is 11.8 Å². The predicted molar refractivity (Wildman–Crippen MR) is 142 cm³/mol. The van der Waals surface area contributed by atoms with Crippen molar-refractivity contribution in [2.45, 2.75) is 69.4 Å². The number of hydrogen-bond donors (Lipinski definition) is 0. The van der Waals surface area contributed by atoms with Crippen LogP contribution in [0.4, 0.5) is 22.7 Å². The van der Waals surface area contributed by atoms with E-state index in [2.05, 4.69) is 9.80 Å². The summed E-state index contributed by atoms with van der Waals surface area (Å²) >= 11 is 0. The molecule has 0 unspecified atom stereocenters. The SMILES string of the molecule is O=C1[C@@H]2CCCN2[C@@H](CCC[C@H]2N(c3ccc([N+](=O)[O-])cc3)C(=O)[C@@H]3CCCN32)N1c1ccc([N+](=O)[O-])cc1. The van der Waals surface area contributed by atoms with Gasteiger partial charge in [0.05, 0.1) is 34.3 Å². The Hall–Kier alpha value is -3.90. The number of fused-ring (bicyclic) bond motifs is 2. The first-order valence-electron chi connectivity index (χ1n) is 13.5. The topological polar surface area (TPSA) is 133 Å². The normalized spacial score (nSPS) is 26.9. The summed E-state index contributed by atoms with van der Waals surface area (Å²) in [5.41, 5.74) is 1.29. The molecular formula is C27H30N6O6. The Bertz CT molecular complexity index is 1200. The number of nitro groups is 2. The van der Waals surface area contributed by atoms with Gasteiger partial charge in [0.15, 0.2) is 0 Å². The highest BCUT2D eigenvalue weighted by Crippen LogP contribution is 2.39. The molecule has 2 aromatic rings. The molecule has 0 aromatic heterocycles. The maximum absolute atomic E-state index is 13.4. The minimum absolute atomic E-state index is 0.0140. The minimum atomic E-state index is -0.448. The van der Waals surface area contributed by atoms with E-state index >= 15 is 0 Å². The van der Waals surface area contributed by atoms with Crippen LogP contribution in [-0.2, 0) is 9.59 Å². The average Bonchev–Trinajstić information content (AvgIpc) is 3.70. The van der Waals surface area contributed by atoms with Gasteiger partial charge in [-0.25, -0.2) is 0 Å². The summed E-state index contributed by atoms with van der Waals surface area (Å²) in [6.07, 6.45) is 5.40. The summed E-state index contributed by atoms with van der Waals surface area (Å²) < 4.78 is 0. The summed E-state index contributed by atoms with van der Waals surface area (Å²) in [7, 11) is 0. The second-order valence-corrected chi connectivity index (χ2v) is 10.6. The summed E-state index contributed by atoms with van der Waals surface area (Å²) in [5.74, 6) is 0.0732. The third-order valence-electron chi connectivity index (χ3n) is 8.60. The molecule has 2 aromatic carbocycles. The second kappa shape index (κ2) is 10.0. The molecule has 39 heavy (non-hydrogen) atoms. The van der Waals surface area contributed by atoms with E-state index < -0.39 is 9.85 Å². The summed E-state index contributed by atoms with van der Waals surface area (Å²) in [6, 6.07) is 12.0. The van der Waals surface area contributed by atoms with Gasteiger partial charge in [-0.3, -0.25) is 49.4 Å². The van der Waals surface area contributed by atoms with Crippen molar-refractivity contribution in [2.24, 2.45) is 0 Å². The monoisotopic (exact) mass is 534 g/mol. The van der Waals surface area contributed by atoms with Gasteiger partial charge < -0.3 is 0 Å². The maximum Gasteiger partial charge on any atom is 0.269 e. The average molecular weight is 535 g/mol. The number of amides is 2. The zero-order valence-corrected chi connectivity index (χ0v) is 21.4. The number of nitrogens with zero attached hydrogens (tertiary/aromatic N) is 6. The first-order valence-corrected chi connectivity index (χ1v) is 13.5. The molecule has 12 heteroatoms. The van der Waals surface area contributed by atoms with Crippen molar-refractivity contribution in [2.75, 3.05) is 22.9 Å². The Morgan fingerprint density at radius 1 is 0.667 bits per heavy atom. The maximum atomic E-state index is 13.4. The molecule has 0 radical (unpaired) electrons. The Balaban J connectivity index is 1.21. The van der Waals surface area contributed by atoms with E-state index in [9.17, 15) is 29.8 Å². The molecular weight excluding hydrogens is 504 g/mol. The lowest BCUT2D eigenvalue weighted by Gasteiger charge is -2.32. The first kappa shape index (κ1) is 25.4. The standard InChI is InChI=1S/C27H30N6O6/c34-26-22-4-2-16-28(22)24(30(26)18-8-12-20(13-9-18)32(36)37)6-1-7-25-29-17-3-5-23(29)27(35)31(25)19-10-14-21(15-11-19)33(38)39/h8-15,22-25H,1-7,16-17H2/t22-,23-,24+,25+/m0/s1. The summed E-state index contributed by atoms with van der Waals surface area (Å²) in [5, 5.41) is 22.2. The van der Waals surface area contributed by atoms with Crippen LogP contribution in [0.5, 0.6) is 0 Å². The van der Waals surface area contributed by atoms with Crippen molar-refractivity contribution in [1.29, 1.82) is 0 Å². The first-order chi connectivity index (χ1) is 18.8. The van der Waals surface area contributed by atoms with Gasteiger partial charge in [0.1, 0.15) is 0 Å². The molecule has 6 rings (SSSR count). The van der Waals surface area contributed by atoms with E-state index in [1.54, 1.807) is 34.1 Å². The van der Waals surface area contributed by atoms with Crippen molar-refractivity contribution in [3.8, 4) is 0 Å². The van der Waals surface area contributed by atoms with E-state index in [0.29, 0.717) is 24.2 Å². The lowest BCUT2D eigenvalue weighted by molar-refractivity contribution is -0.385. The van der Waals surface area contributed by atoms with Crippen LogP contribution in [0, 0.1) is 20.2 Å². The van der Waals surface area contributed by atoms with Gasteiger partial charge in [-0.2, -0.15) is 0 Å². The van der Waals surface area contributed by atoms with E-state index in [4.69, 9.17) is 0 Å². The van der Waals surface area contributed by atoms with Crippen molar-refractivity contribution in [3.05, 3.63) is 68.8 Å². The van der Waals surface area contributed by atoms with Gasteiger partial charge in [0, 0.05) is 48.7 Å². The van der Waals surface area contributed by atoms with E-state index in [-0.39, 0.29) is 47.6 Å². The largest absolute Gasteiger partial charge is 0.295 e. The molecule has 4 heterocycles. The fourth-order valence-electron chi connectivity index (χ4n) is 6.87. The molecule has 4 saturated heterocycles. The number of carbonyl (C=O) groups excluding carboxylic acids is 2. The van der Waals surface area contributed by atoms with Gasteiger partial charge in [-0.15, -0.1) is 0 Å². The molecule has 0 saturated carbocycles. The number of rotatable bonds is 8. The Kier molecular flexibility index (Phi) is 6.51. The van der Waals surface area contributed by atoms with Crippen LogP contribution < -0.4 is 9.80 Å². The number of anilines is 2. The van der Waals surface area contributed by atoms with Crippen molar-refractivity contribution < 1.29 is 19.4 Å². The van der Waals surface area contributed by atoms with Crippen LogP contribution in [0.2, 0.25) is 0 Å². The Morgan fingerprint density at radius 3 is 1.41 bits per heavy atom. The molecule has 4 atom stereocenters. The molecule has 4 fully saturated rings. The predicted octanol–water partition coefficient (Wildman–Crippen LogP) is 3.65. The molecule has 2 amide bonds. The molecule has 204 valence electrons. The number of carbonyl (C=O) groups is 2. The van der Waals surface area contributed by atoms with Crippen LogP contribution >= 0.6 is 0 Å². The zero-order chi connectivity index (χ0) is 27.3. The van der Waals surface area contributed by atoms with Crippen molar-refractivity contribution in [1.82, 2.24) is 9.80 Å². The molecule has 12 nitrogen and oxygen atoms in total. The van der Waals surface area contributed by atoms with E-state index in [1.165, 1.54) is 24.3 Å². The van der Waals surface area contributed by atoms with Crippen LogP contribution in [-0.4, -0.2) is 69.0 Å². The highest BCUT2D eigenvalue weighted by Gasteiger charge is 2.50. The molecule has 0 aliphatic carbocycles. The summed E-state index contributed by atoms with van der Waals surface area (Å²) in [4.78, 5) is 56.2. The molecule has 0 bridgehead atoms. The number of non-ortho nitro benzene ring substituents is 2. The second-order valence-electron chi connectivity index (χ2n) is 10.6. The van der Waals surface area contributed by atoms with Crippen molar-refractivity contribution >= 4 is 34.6 Å². The van der Waals surface area contributed by atoms with Crippen LogP contribution in [0.3, 0.4) is 0 Å². The molecule has 4 aliphatic rings. The molecule has 0 N–H and O–H groups in total. The van der Waals surface area contributed by atoms with Crippen LogP contribution in [0.15, 0.2) is 48.5 Å². The van der Waals surface area contributed by atoms with Gasteiger partial charge in [0.25, 0.3) is 11.4 Å². The van der Waals surface area contributed by atoms with Crippen LogP contribution in [0.1, 0.15) is 44.9 Å². The zero-order valence-electron chi connectivity index (χ0n) is 21.4. The number of hydrogen-bond acceptors (Lipinski definition) is 8. The van der Waals surface area contributed by atoms with Crippen molar-refractivity contribution in [3.63, 3.8) is 0 Å². The Morgan fingerprint density at radius 2 is 1.05 bits per heavy atom. The van der Waals surface area contributed by atoms with Gasteiger partial charge >= 0.3 is 0 Å². The highest BCUT2D eigenvalue weighted by atomic mass is 16.6. The summed E-state index contributed by atoms with van der Waals surface area (Å²) in [6.45, 7) is 1.66. The number of benzene rings is 2. The van der Waals surface area contributed by atoms with Crippen LogP contribution in [0.25, 0.3) is 0 Å². The third kappa shape index (κ3) is 4.33. The lowest BCUT2D eigenvalue weighted by atomic mass is 10.1. The number of nitro benzene ring substituents is 2. The van der Waals surface area contributed by atoms with Gasteiger partial charge in [-0.05, 0) is 69.2 Å². The Labute approximate surface area is 225 Å².